The maximum absolute atomic E-state index is 12.3. The summed E-state index contributed by atoms with van der Waals surface area (Å²) in [7, 11) is 0. The highest BCUT2D eigenvalue weighted by molar-refractivity contribution is 9.09. The van der Waals surface area contributed by atoms with Gasteiger partial charge in [0.1, 0.15) is 4.88 Å². The van der Waals surface area contributed by atoms with Crippen molar-refractivity contribution in [2.24, 2.45) is 0 Å². The van der Waals surface area contributed by atoms with Gasteiger partial charge in [-0.3, -0.25) is 4.79 Å². The molecule has 3 heterocycles. The fraction of sp³-hybridized carbons (Fsp3) is 0.700. The van der Waals surface area contributed by atoms with Gasteiger partial charge in [0.05, 0.1) is 6.20 Å². The molecule has 1 aromatic rings. The van der Waals surface area contributed by atoms with Gasteiger partial charge in [0, 0.05) is 16.9 Å². The Morgan fingerprint density at radius 1 is 1.44 bits per heavy atom. The molecule has 2 aliphatic heterocycles. The standard InChI is InChI=1S/C10H12BrN3OS/c11-6-3-7-1-2-8(4-6)14(7)10(15)9-5-12-13-16-9/h5-8H,1-4H2. The lowest BCUT2D eigenvalue weighted by molar-refractivity contribution is 0.0608. The molecule has 6 heteroatoms. The van der Waals surface area contributed by atoms with Crippen molar-refractivity contribution in [1.29, 1.82) is 0 Å². The number of aromatic nitrogens is 2. The summed E-state index contributed by atoms with van der Waals surface area (Å²) in [6.07, 6.45) is 6.02. The number of carbonyl (C=O) groups excluding carboxylic acids is 1. The Balaban J connectivity index is 1.84. The molecule has 0 spiro atoms. The summed E-state index contributed by atoms with van der Waals surface area (Å²) < 4.78 is 3.76. The molecule has 0 saturated carbocycles. The Hall–Kier alpha value is -0.490. The fourth-order valence-corrected chi connectivity index (χ4v) is 4.15. The summed E-state index contributed by atoms with van der Waals surface area (Å²) in [6.45, 7) is 0. The Morgan fingerprint density at radius 3 is 2.69 bits per heavy atom. The normalized spacial score (nSPS) is 33.1. The molecule has 0 radical (unpaired) electrons. The van der Waals surface area contributed by atoms with Crippen LogP contribution in [0.1, 0.15) is 35.4 Å². The van der Waals surface area contributed by atoms with Gasteiger partial charge in [-0.25, -0.2) is 0 Å². The van der Waals surface area contributed by atoms with Crippen molar-refractivity contribution in [2.75, 3.05) is 0 Å². The summed E-state index contributed by atoms with van der Waals surface area (Å²) in [5.41, 5.74) is 0. The summed E-state index contributed by atoms with van der Waals surface area (Å²) in [5, 5.41) is 3.74. The second-order valence-electron chi connectivity index (χ2n) is 4.45. The van der Waals surface area contributed by atoms with E-state index in [0.29, 0.717) is 21.8 Å². The molecule has 3 rings (SSSR count). The number of piperidine rings is 1. The van der Waals surface area contributed by atoms with Gasteiger partial charge in [0.25, 0.3) is 5.91 Å². The van der Waals surface area contributed by atoms with Crippen LogP contribution >= 0.6 is 27.5 Å². The number of halogens is 1. The first-order chi connectivity index (χ1) is 7.75. The highest BCUT2D eigenvalue weighted by atomic mass is 79.9. The Kier molecular flexibility index (Phi) is 2.71. The van der Waals surface area contributed by atoms with Gasteiger partial charge in [0.15, 0.2) is 0 Å². The van der Waals surface area contributed by atoms with E-state index < -0.39 is 0 Å². The second kappa shape index (κ2) is 4.07. The molecule has 16 heavy (non-hydrogen) atoms. The highest BCUT2D eigenvalue weighted by Gasteiger charge is 2.43. The molecular formula is C10H12BrN3OS. The highest BCUT2D eigenvalue weighted by Crippen LogP contribution is 2.39. The van der Waals surface area contributed by atoms with Crippen LogP contribution < -0.4 is 0 Å². The number of nitrogens with zero attached hydrogens (tertiary/aromatic N) is 3. The zero-order chi connectivity index (χ0) is 11.1. The van der Waals surface area contributed by atoms with Crippen molar-refractivity contribution in [3.63, 3.8) is 0 Å². The van der Waals surface area contributed by atoms with Gasteiger partial charge in [-0.2, -0.15) is 0 Å². The molecular weight excluding hydrogens is 290 g/mol. The monoisotopic (exact) mass is 301 g/mol. The van der Waals surface area contributed by atoms with Crippen molar-refractivity contribution in [3.8, 4) is 0 Å². The van der Waals surface area contributed by atoms with Crippen molar-refractivity contribution in [3.05, 3.63) is 11.1 Å². The van der Waals surface area contributed by atoms with Crippen LogP contribution in [0.2, 0.25) is 0 Å². The van der Waals surface area contributed by atoms with E-state index in [-0.39, 0.29) is 5.91 Å². The number of carbonyl (C=O) groups is 1. The van der Waals surface area contributed by atoms with Crippen LogP contribution in [0.15, 0.2) is 6.20 Å². The minimum absolute atomic E-state index is 0.127. The van der Waals surface area contributed by atoms with Gasteiger partial charge in [-0.05, 0) is 37.2 Å². The maximum atomic E-state index is 12.3. The zero-order valence-electron chi connectivity index (χ0n) is 8.67. The third-order valence-corrected chi connectivity index (χ3v) is 4.88. The molecule has 2 bridgehead atoms. The van der Waals surface area contributed by atoms with Crippen LogP contribution in [0.5, 0.6) is 0 Å². The lowest BCUT2D eigenvalue weighted by atomic mass is 10.0. The molecule has 4 nitrogen and oxygen atoms in total. The van der Waals surface area contributed by atoms with Crippen LogP contribution in [0, 0.1) is 0 Å². The van der Waals surface area contributed by atoms with E-state index in [1.807, 2.05) is 0 Å². The largest absolute Gasteiger partial charge is 0.332 e. The Bertz CT molecular complexity index is 383. The average molecular weight is 302 g/mol. The molecule has 2 atom stereocenters. The van der Waals surface area contributed by atoms with Crippen LogP contribution in [-0.4, -0.2) is 37.3 Å². The maximum Gasteiger partial charge on any atom is 0.267 e. The molecule has 0 aromatic carbocycles. The van der Waals surface area contributed by atoms with E-state index in [1.165, 1.54) is 11.5 Å². The van der Waals surface area contributed by atoms with E-state index in [1.54, 1.807) is 6.20 Å². The van der Waals surface area contributed by atoms with Crippen LogP contribution in [0.25, 0.3) is 0 Å². The lowest BCUT2D eigenvalue weighted by Gasteiger charge is -2.36. The summed E-state index contributed by atoms with van der Waals surface area (Å²) >= 11 is 4.87. The Labute approximate surface area is 106 Å². The SMILES string of the molecule is O=C(c1cnns1)N1C2CCC1CC(Br)C2. The lowest BCUT2D eigenvalue weighted by Crippen LogP contribution is -2.46. The summed E-state index contributed by atoms with van der Waals surface area (Å²) in [5.74, 6) is 0.127. The number of hydrogen-bond acceptors (Lipinski definition) is 4. The number of fused-ring (bicyclic) bond motifs is 2. The number of rotatable bonds is 1. The minimum Gasteiger partial charge on any atom is -0.332 e. The second-order valence-corrected chi connectivity index (χ2v) is 6.53. The van der Waals surface area contributed by atoms with Gasteiger partial charge in [-0.1, -0.05) is 20.4 Å². The van der Waals surface area contributed by atoms with E-state index in [0.717, 1.165) is 25.7 Å². The fourth-order valence-electron chi connectivity index (χ4n) is 2.83. The van der Waals surface area contributed by atoms with E-state index in [9.17, 15) is 4.79 Å². The minimum atomic E-state index is 0.127. The molecule has 1 aromatic heterocycles. The first kappa shape index (κ1) is 10.7. The van der Waals surface area contributed by atoms with Crippen LogP contribution in [-0.2, 0) is 0 Å². The van der Waals surface area contributed by atoms with Crippen LogP contribution in [0.4, 0.5) is 0 Å². The molecule has 2 aliphatic rings. The summed E-state index contributed by atoms with van der Waals surface area (Å²) in [6, 6.07) is 0.829. The van der Waals surface area contributed by atoms with Crippen molar-refractivity contribution >= 4 is 33.4 Å². The summed E-state index contributed by atoms with van der Waals surface area (Å²) in [4.78, 5) is 15.6. The average Bonchev–Trinajstić information content (AvgIpc) is 2.85. The van der Waals surface area contributed by atoms with Crippen molar-refractivity contribution in [2.45, 2.75) is 42.6 Å². The first-order valence-electron chi connectivity index (χ1n) is 5.50. The molecule has 1 amide bonds. The molecule has 86 valence electrons. The quantitative estimate of drug-likeness (QED) is 0.746. The van der Waals surface area contributed by atoms with Crippen molar-refractivity contribution < 1.29 is 4.79 Å². The molecule has 0 N–H and O–H groups in total. The molecule has 2 fully saturated rings. The number of amides is 1. The first-order valence-corrected chi connectivity index (χ1v) is 7.18. The van der Waals surface area contributed by atoms with Crippen LogP contribution in [0.3, 0.4) is 0 Å². The number of alkyl halides is 1. The van der Waals surface area contributed by atoms with E-state index in [2.05, 4.69) is 30.4 Å². The van der Waals surface area contributed by atoms with Gasteiger partial charge in [-0.15, -0.1) is 5.10 Å². The predicted octanol–water partition coefficient (Wildman–Crippen LogP) is 2.07. The topological polar surface area (TPSA) is 46.1 Å². The predicted molar refractivity (Wildman–Crippen MR) is 64.8 cm³/mol. The Morgan fingerprint density at radius 2 is 2.12 bits per heavy atom. The van der Waals surface area contributed by atoms with Gasteiger partial charge in [0.2, 0.25) is 0 Å². The molecule has 0 aliphatic carbocycles. The number of hydrogen-bond donors (Lipinski definition) is 0. The molecule has 2 saturated heterocycles. The molecule has 2 unspecified atom stereocenters. The third-order valence-electron chi connectivity index (χ3n) is 3.48. The third kappa shape index (κ3) is 1.68. The smallest absolute Gasteiger partial charge is 0.267 e. The van der Waals surface area contributed by atoms with Gasteiger partial charge >= 0.3 is 0 Å². The van der Waals surface area contributed by atoms with Crippen molar-refractivity contribution in [1.82, 2.24) is 14.5 Å². The van der Waals surface area contributed by atoms with Gasteiger partial charge < -0.3 is 4.90 Å². The zero-order valence-corrected chi connectivity index (χ0v) is 11.1. The van der Waals surface area contributed by atoms with E-state index >= 15 is 0 Å². The van der Waals surface area contributed by atoms with E-state index in [4.69, 9.17) is 0 Å².